The molecule has 4 heteroatoms. The zero-order valence-electron chi connectivity index (χ0n) is 15.0. The summed E-state index contributed by atoms with van der Waals surface area (Å²) in [6.07, 6.45) is 3.90. The molecule has 3 aromatic carbocycles. The number of rotatable bonds is 2. The Hall–Kier alpha value is -2.26. The molecule has 0 aliphatic rings. The van der Waals surface area contributed by atoms with Gasteiger partial charge in [-0.05, 0) is 41.1 Å². The number of thiophene rings is 1. The van der Waals surface area contributed by atoms with Crippen molar-refractivity contribution in [3.63, 3.8) is 0 Å². The second-order valence-electron chi connectivity index (χ2n) is 6.58. The van der Waals surface area contributed by atoms with E-state index in [4.69, 9.17) is 0 Å². The first-order valence-corrected chi connectivity index (χ1v) is 9.47. The van der Waals surface area contributed by atoms with E-state index in [1.807, 2.05) is 23.7 Å². The fourth-order valence-electron chi connectivity index (χ4n) is 3.67. The predicted octanol–water partition coefficient (Wildman–Crippen LogP) is 6.32. The summed E-state index contributed by atoms with van der Waals surface area (Å²) in [6.45, 7) is 4.29. The molecule has 1 radical (unpaired) electrons. The Labute approximate surface area is 175 Å². The Balaban J connectivity index is 0.00000180. The van der Waals surface area contributed by atoms with Crippen LogP contribution in [-0.4, -0.2) is 9.55 Å². The van der Waals surface area contributed by atoms with Gasteiger partial charge in [-0.25, -0.2) is 0 Å². The number of aryl methyl sites for hydroxylation is 2. The number of benzene rings is 3. The predicted molar refractivity (Wildman–Crippen MR) is 110 cm³/mol. The van der Waals surface area contributed by atoms with Gasteiger partial charge >= 0.3 is 0 Å². The van der Waals surface area contributed by atoms with Crippen LogP contribution < -0.4 is 0 Å². The molecule has 0 unspecified atom stereocenters. The maximum Gasteiger partial charge on any atom is 0.0603 e. The first-order chi connectivity index (χ1) is 12.7. The summed E-state index contributed by atoms with van der Waals surface area (Å²) in [4.78, 5) is 4.65. The molecule has 2 heterocycles. The summed E-state index contributed by atoms with van der Waals surface area (Å²) >= 11 is 1.81. The van der Waals surface area contributed by atoms with Crippen LogP contribution in [0.4, 0.5) is 0 Å². The van der Waals surface area contributed by atoms with Crippen molar-refractivity contribution in [1.82, 2.24) is 9.55 Å². The van der Waals surface area contributed by atoms with Crippen molar-refractivity contribution >= 4 is 31.5 Å². The fraction of sp³-hybridized carbons (Fsp3) is 0.0870. The summed E-state index contributed by atoms with van der Waals surface area (Å²) in [5.41, 5.74) is 4.70. The van der Waals surface area contributed by atoms with E-state index >= 15 is 0 Å². The van der Waals surface area contributed by atoms with Crippen molar-refractivity contribution in [3.05, 3.63) is 84.2 Å². The molecule has 0 bridgehead atoms. The van der Waals surface area contributed by atoms with Gasteiger partial charge in [-0.3, -0.25) is 4.98 Å². The minimum Gasteiger partial charge on any atom is -0.340 e. The van der Waals surface area contributed by atoms with Gasteiger partial charge in [0.2, 0.25) is 0 Å². The van der Waals surface area contributed by atoms with E-state index in [0.29, 0.717) is 0 Å². The molecule has 0 amide bonds. The molecule has 0 aliphatic carbocycles. The molecule has 2 nitrogen and oxygen atoms in total. The van der Waals surface area contributed by atoms with Gasteiger partial charge in [0.1, 0.15) is 0 Å². The smallest absolute Gasteiger partial charge is 0.0603 e. The van der Waals surface area contributed by atoms with Crippen LogP contribution in [0.2, 0.25) is 0 Å². The molecule has 0 aliphatic heterocycles. The van der Waals surface area contributed by atoms with Crippen molar-refractivity contribution in [3.8, 4) is 17.1 Å². The van der Waals surface area contributed by atoms with Gasteiger partial charge in [-0.2, -0.15) is 11.3 Å². The van der Waals surface area contributed by atoms with Crippen LogP contribution in [-0.2, 0) is 20.1 Å². The SMILES string of the molecule is Cc1cccc(C)c1-n1ccnc1-c1[c-]cc2sc3ccccc3c2c1.[Ir]. The third-order valence-electron chi connectivity index (χ3n) is 4.87. The first-order valence-electron chi connectivity index (χ1n) is 8.65. The number of hydrogen-bond acceptors (Lipinski definition) is 2. The van der Waals surface area contributed by atoms with Gasteiger partial charge in [-0.15, -0.1) is 23.8 Å². The van der Waals surface area contributed by atoms with Crippen molar-refractivity contribution in [2.24, 2.45) is 0 Å². The topological polar surface area (TPSA) is 17.8 Å². The van der Waals surface area contributed by atoms with Gasteiger partial charge in [0.05, 0.1) is 5.82 Å². The molecule has 0 spiro atoms. The molecule has 27 heavy (non-hydrogen) atoms. The second-order valence-corrected chi connectivity index (χ2v) is 7.67. The number of imidazole rings is 1. The van der Waals surface area contributed by atoms with Gasteiger partial charge in [0.25, 0.3) is 0 Å². The molecule has 2 aromatic heterocycles. The van der Waals surface area contributed by atoms with E-state index in [2.05, 4.69) is 84.1 Å². The van der Waals surface area contributed by atoms with Crippen molar-refractivity contribution in [2.45, 2.75) is 13.8 Å². The normalized spacial score (nSPS) is 11.0. The standard InChI is InChI=1S/C23H17N2S.Ir/c1-15-6-5-7-16(2)22(15)25-13-12-24-23(25)17-10-11-21-19(14-17)18-8-3-4-9-20(18)26-21;/h3-9,11-14H,1-2H3;/q-1;. The summed E-state index contributed by atoms with van der Waals surface area (Å²) in [7, 11) is 0. The largest absolute Gasteiger partial charge is 0.340 e. The van der Waals surface area contributed by atoms with Crippen molar-refractivity contribution < 1.29 is 20.1 Å². The maximum atomic E-state index is 4.65. The number of hydrogen-bond donors (Lipinski definition) is 0. The summed E-state index contributed by atoms with van der Waals surface area (Å²) in [5.74, 6) is 0.930. The van der Waals surface area contributed by atoms with Crippen molar-refractivity contribution in [2.75, 3.05) is 0 Å². The Morgan fingerprint density at radius 3 is 2.52 bits per heavy atom. The quantitative estimate of drug-likeness (QED) is 0.237. The average molecular weight is 546 g/mol. The Morgan fingerprint density at radius 1 is 0.926 bits per heavy atom. The van der Waals surface area contributed by atoms with Crippen LogP contribution >= 0.6 is 11.3 Å². The number of para-hydroxylation sites is 1. The molecule has 0 fully saturated rings. The molecule has 0 N–H and O–H groups in total. The second kappa shape index (κ2) is 7.05. The molecule has 135 valence electrons. The molecular weight excluding hydrogens is 529 g/mol. The summed E-state index contributed by atoms with van der Waals surface area (Å²) < 4.78 is 4.75. The van der Waals surface area contributed by atoms with Gasteiger partial charge < -0.3 is 4.57 Å². The first kappa shape index (κ1) is 18.1. The van der Waals surface area contributed by atoms with Gasteiger partial charge in [0, 0.05) is 42.9 Å². The Morgan fingerprint density at radius 2 is 1.70 bits per heavy atom. The van der Waals surface area contributed by atoms with Crippen LogP contribution in [0.3, 0.4) is 0 Å². The van der Waals surface area contributed by atoms with Crippen LogP contribution in [0.15, 0.2) is 67.0 Å². The molecule has 5 aromatic rings. The third kappa shape index (κ3) is 2.94. The van der Waals surface area contributed by atoms with E-state index < -0.39 is 0 Å². The van der Waals surface area contributed by atoms with E-state index in [-0.39, 0.29) is 20.1 Å². The zero-order valence-corrected chi connectivity index (χ0v) is 18.2. The van der Waals surface area contributed by atoms with Gasteiger partial charge in [-0.1, -0.05) is 41.8 Å². The van der Waals surface area contributed by atoms with E-state index in [0.717, 1.165) is 11.4 Å². The monoisotopic (exact) mass is 546 g/mol. The number of nitrogens with zero attached hydrogens (tertiary/aromatic N) is 2. The summed E-state index contributed by atoms with van der Waals surface area (Å²) in [6, 6.07) is 22.7. The Bertz CT molecular complexity index is 1250. The fourth-order valence-corrected chi connectivity index (χ4v) is 4.74. The number of aromatic nitrogens is 2. The van der Waals surface area contributed by atoms with Crippen molar-refractivity contribution in [1.29, 1.82) is 0 Å². The number of fused-ring (bicyclic) bond motifs is 3. The maximum absolute atomic E-state index is 4.65. The third-order valence-corrected chi connectivity index (χ3v) is 6.01. The molecule has 5 rings (SSSR count). The zero-order chi connectivity index (χ0) is 17.7. The molecular formula is C23H17IrN2S-. The van der Waals surface area contributed by atoms with Gasteiger partial charge in [0.15, 0.2) is 0 Å². The van der Waals surface area contributed by atoms with Crippen LogP contribution in [0.25, 0.3) is 37.2 Å². The van der Waals surface area contributed by atoms with Crippen LogP contribution in [0, 0.1) is 19.9 Å². The van der Waals surface area contributed by atoms with E-state index in [1.165, 1.54) is 37.0 Å². The molecule has 0 atom stereocenters. The summed E-state index contributed by atoms with van der Waals surface area (Å²) in [5, 5.41) is 2.57. The average Bonchev–Trinajstić information content (AvgIpc) is 3.25. The van der Waals surface area contributed by atoms with Crippen LogP contribution in [0.1, 0.15) is 11.1 Å². The minimum absolute atomic E-state index is 0. The molecule has 0 saturated heterocycles. The molecule has 0 saturated carbocycles. The minimum atomic E-state index is 0. The Kier molecular flexibility index (Phi) is 4.73. The van der Waals surface area contributed by atoms with E-state index in [9.17, 15) is 0 Å². The van der Waals surface area contributed by atoms with E-state index in [1.54, 1.807) is 0 Å². The van der Waals surface area contributed by atoms with Crippen LogP contribution in [0.5, 0.6) is 0 Å².